The van der Waals surface area contributed by atoms with Crippen LogP contribution in [0.25, 0.3) is 0 Å². The van der Waals surface area contributed by atoms with Gasteiger partial charge in [0, 0.05) is 37.2 Å². The largest absolute Gasteiger partial charge is 0.364 e. The zero-order valence-corrected chi connectivity index (χ0v) is 14.3. The number of benzene rings is 1. The fourth-order valence-corrected chi connectivity index (χ4v) is 3.27. The predicted molar refractivity (Wildman–Crippen MR) is 94.2 cm³/mol. The van der Waals surface area contributed by atoms with E-state index in [0.29, 0.717) is 5.82 Å². The Morgan fingerprint density at radius 2 is 1.92 bits per heavy atom. The van der Waals surface area contributed by atoms with Crippen LogP contribution in [-0.4, -0.2) is 47.0 Å². The molecule has 1 atom stereocenters. The molecule has 126 valence electrons. The Bertz CT molecular complexity index is 730. The highest BCUT2D eigenvalue weighted by Gasteiger charge is 2.24. The molecule has 1 unspecified atom stereocenters. The Balaban J connectivity index is 1.67. The highest BCUT2D eigenvalue weighted by molar-refractivity contribution is 6.31. The van der Waals surface area contributed by atoms with Gasteiger partial charge in [-0.15, -0.1) is 0 Å². The van der Waals surface area contributed by atoms with E-state index in [9.17, 15) is 4.79 Å². The first kappa shape index (κ1) is 16.7. The molecule has 1 aromatic carbocycles. The number of carbonyl (C=O) groups is 1. The Hall–Kier alpha value is -2.18. The predicted octanol–water partition coefficient (Wildman–Crippen LogP) is 2.11. The van der Waals surface area contributed by atoms with E-state index in [1.165, 1.54) is 6.20 Å². The lowest BCUT2D eigenvalue weighted by molar-refractivity contribution is 0.0995. The Labute approximate surface area is 146 Å². The summed E-state index contributed by atoms with van der Waals surface area (Å²) in [6, 6.07) is 8.21. The van der Waals surface area contributed by atoms with Crippen LogP contribution in [0.4, 0.5) is 5.82 Å². The van der Waals surface area contributed by atoms with Crippen LogP contribution in [-0.2, 0) is 0 Å². The van der Waals surface area contributed by atoms with Crippen molar-refractivity contribution in [3.05, 3.63) is 52.9 Å². The molecule has 0 radical (unpaired) electrons. The van der Waals surface area contributed by atoms with Crippen LogP contribution in [0.3, 0.4) is 0 Å². The number of halogens is 1. The maximum atomic E-state index is 11.2. The van der Waals surface area contributed by atoms with Crippen LogP contribution in [0.15, 0.2) is 36.7 Å². The molecule has 3 rings (SSSR count). The van der Waals surface area contributed by atoms with Gasteiger partial charge >= 0.3 is 0 Å². The summed E-state index contributed by atoms with van der Waals surface area (Å²) in [5.74, 6) is 0.131. The number of nitrogens with zero attached hydrogens (tertiary/aromatic N) is 4. The number of nitrogens with two attached hydrogens (primary N) is 1. The highest BCUT2D eigenvalue weighted by Crippen LogP contribution is 2.28. The molecule has 1 aliphatic heterocycles. The van der Waals surface area contributed by atoms with Crippen LogP contribution in [0.5, 0.6) is 0 Å². The minimum Gasteiger partial charge on any atom is -0.364 e. The minimum atomic E-state index is -0.560. The number of aromatic nitrogens is 2. The normalized spacial score (nSPS) is 16.8. The Morgan fingerprint density at radius 1 is 1.21 bits per heavy atom. The number of piperazine rings is 1. The summed E-state index contributed by atoms with van der Waals surface area (Å²) in [5.41, 5.74) is 6.61. The van der Waals surface area contributed by atoms with Gasteiger partial charge in [-0.25, -0.2) is 4.98 Å². The number of rotatable bonds is 4. The monoisotopic (exact) mass is 345 g/mol. The third-order valence-corrected chi connectivity index (χ3v) is 4.76. The van der Waals surface area contributed by atoms with E-state index in [1.54, 1.807) is 6.20 Å². The maximum Gasteiger partial charge on any atom is 0.268 e. The zero-order valence-electron chi connectivity index (χ0n) is 13.5. The summed E-state index contributed by atoms with van der Waals surface area (Å²) < 4.78 is 0. The summed E-state index contributed by atoms with van der Waals surface area (Å²) in [7, 11) is 0. The number of anilines is 1. The second-order valence-corrected chi connectivity index (χ2v) is 6.25. The fourth-order valence-electron chi connectivity index (χ4n) is 2.98. The molecular weight excluding hydrogens is 326 g/mol. The van der Waals surface area contributed by atoms with E-state index < -0.39 is 5.91 Å². The molecule has 2 aromatic rings. The molecule has 0 spiro atoms. The molecule has 2 heterocycles. The van der Waals surface area contributed by atoms with E-state index in [1.807, 2.05) is 18.2 Å². The lowest BCUT2D eigenvalue weighted by Gasteiger charge is -2.38. The molecule has 24 heavy (non-hydrogen) atoms. The molecule has 1 amide bonds. The quantitative estimate of drug-likeness (QED) is 0.918. The topological polar surface area (TPSA) is 75.3 Å². The van der Waals surface area contributed by atoms with E-state index >= 15 is 0 Å². The second kappa shape index (κ2) is 7.15. The van der Waals surface area contributed by atoms with Crippen molar-refractivity contribution < 1.29 is 4.79 Å². The lowest BCUT2D eigenvalue weighted by Crippen LogP contribution is -2.47. The van der Waals surface area contributed by atoms with Crippen molar-refractivity contribution in [1.82, 2.24) is 14.9 Å². The number of carbonyl (C=O) groups excluding carboxylic acids is 1. The molecule has 6 nitrogen and oxygen atoms in total. The fraction of sp³-hybridized carbons (Fsp3) is 0.353. The molecule has 1 aromatic heterocycles. The molecule has 0 saturated carbocycles. The maximum absolute atomic E-state index is 11.2. The number of primary amides is 1. The molecule has 0 bridgehead atoms. The van der Waals surface area contributed by atoms with Gasteiger partial charge in [-0.05, 0) is 18.6 Å². The summed E-state index contributed by atoms with van der Waals surface area (Å²) >= 11 is 6.31. The van der Waals surface area contributed by atoms with Crippen molar-refractivity contribution in [2.45, 2.75) is 13.0 Å². The van der Waals surface area contributed by atoms with Crippen LogP contribution in [0, 0.1) is 0 Å². The summed E-state index contributed by atoms with van der Waals surface area (Å²) in [4.78, 5) is 24.1. The first-order valence-corrected chi connectivity index (χ1v) is 8.29. The molecule has 2 N–H and O–H groups in total. The van der Waals surface area contributed by atoms with E-state index in [2.05, 4.69) is 32.8 Å². The molecule has 7 heteroatoms. The van der Waals surface area contributed by atoms with Crippen molar-refractivity contribution >= 4 is 23.3 Å². The highest BCUT2D eigenvalue weighted by atomic mass is 35.5. The summed E-state index contributed by atoms with van der Waals surface area (Å²) in [6.45, 7) is 5.56. The van der Waals surface area contributed by atoms with Gasteiger partial charge in [0.2, 0.25) is 0 Å². The van der Waals surface area contributed by atoms with E-state index in [4.69, 9.17) is 17.3 Å². The van der Waals surface area contributed by atoms with Crippen molar-refractivity contribution in [1.29, 1.82) is 0 Å². The lowest BCUT2D eigenvalue weighted by atomic mass is 10.1. The molecule has 0 aliphatic carbocycles. The molecule has 1 saturated heterocycles. The third kappa shape index (κ3) is 3.49. The van der Waals surface area contributed by atoms with Crippen LogP contribution >= 0.6 is 11.6 Å². The molecule has 1 aliphatic rings. The molecular formula is C17H20ClN5O. The standard InChI is InChI=1S/C17H20ClN5O/c1-12(13-4-2-3-5-14(13)18)22-6-8-23(9-7-22)16-11-20-10-15(21-16)17(19)24/h2-5,10-12H,6-9H2,1H3,(H2,19,24). The molecule has 1 fully saturated rings. The van der Waals surface area contributed by atoms with Gasteiger partial charge in [0.1, 0.15) is 11.5 Å². The van der Waals surface area contributed by atoms with Gasteiger partial charge < -0.3 is 10.6 Å². The average molecular weight is 346 g/mol. The average Bonchev–Trinajstić information content (AvgIpc) is 2.62. The summed E-state index contributed by atoms with van der Waals surface area (Å²) in [5, 5.41) is 0.799. The number of amides is 1. The van der Waals surface area contributed by atoms with Gasteiger partial charge in [-0.3, -0.25) is 14.7 Å². The van der Waals surface area contributed by atoms with Crippen molar-refractivity contribution in [3.63, 3.8) is 0 Å². The van der Waals surface area contributed by atoms with Crippen molar-refractivity contribution in [2.24, 2.45) is 5.73 Å². The SMILES string of the molecule is CC(c1ccccc1Cl)N1CCN(c2cncc(C(N)=O)n2)CC1. The number of hydrogen-bond acceptors (Lipinski definition) is 5. The van der Waals surface area contributed by atoms with Gasteiger partial charge in [-0.1, -0.05) is 29.8 Å². The van der Waals surface area contributed by atoms with Gasteiger partial charge in [-0.2, -0.15) is 0 Å². The van der Waals surface area contributed by atoms with E-state index in [-0.39, 0.29) is 11.7 Å². The Morgan fingerprint density at radius 3 is 2.58 bits per heavy atom. The van der Waals surface area contributed by atoms with Crippen LogP contribution in [0.2, 0.25) is 5.02 Å². The number of hydrogen-bond donors (Lipinski definition) is 1. The summed E-state index contributed by atoms with van der Waals surface area (Å²) in [6.07, 6.45) is 3.06. The first-order chi connectivity index (χ1) is 11.6. The van der Waals surface area contributed by atoms with Gasteiger partial charge in [0.05, 0.1) is 12.4 Å². The van der Waals surface area contributed by atoms with E-state index in [0.717, 1.165) is 36.8 Å². The van der Waals surface area contributed by atoms with Gasteiger partial charge in [0.15, 0.2) is 0 Å². The smallest absolute Gasteiger partial charge is 0.268 e. The van der Waals surface area contributed by atoms with Crippen molar-refractivity contribution in [3.8, 4) is 0 Å². The Kier molecular flexibility index (Phi) is 4.97. The van der Waals surface area contributed by atoms with Crippen LogP contribution < -0.4 is 10.6 Å². The first-order valence-electron chi connectivity index (χ1n) is 7.91. The minimum absolute atomic E-state index is 0.194. The third-order valence-electron chi connectivity index (χ3n) is 4.42. The zero-order chi connectivity index (χ0) is 17.1. The van der Waals surface area contributed by atoms with Crippen LogP contribution in [0.1, 0.15) is 29.0 Å². The van der Waals surface area contributed by atoms with Crippen molar-refractivity contribution in [2.75, 3.05) is 31.1 Å². The second-order valence-electron chi connectivity index (χ2n) is 5.85. The van der Waals surface area contributed by atoms with Gasteiger partial charge in [0.25, 0.3) is 5.91 Å².